The van der Waals surface area contributed by atoms with E-state index in [9.17, 15) is 0 Å². The van der Waals surface area contributed by atoms with Crippen LogP contribution in [0.2, 0.25) is 0 Å². The monoisotopic (exact) mass is 397 g/mol. The lowest BCUT2D eigenvalue weighted by atomic mass is 10.2. The van der Waals surface area contributed by atoms with Crippen LogP contribution in [0.3, 0.4) is 0 Å². The summed E-state index contributed by atoms with van der Waals surface area (Å²) in [4.78, 5) is 9.16. The molecule has 0 bridgehead atoms. The molecule has 138 valence electrons. The highest BCUT2D eigenvalue weighted by atomic mass is 32.1. The molecule has 4 rings (SSSR count). The Kier molecular flexibility index (Phi) is 5.62. The van der Waals surface area contributed by atoms with Gasteiger partial charge in [0.2, 0.25) is 11.7 Å². The maximum Gasteiger partial charge on any atom is 0.241 e. The average Bonchev–Trinajstić information content (AvgIpc) is 3.44. The molecule has 7 heteroatoms. The second-order valence-corrected chi connectivity index (χ2v) is 8.01. The molecule has 0 amide bonds. The molecular weight excluding hydrogens is 378 g/mol. The Morgan fingerprint density at radius 2 is 1.81 bits per heavy atom. The first-order chi connectivity index (χ1) is 13.3. The van der Waals surface area contributed by atoms with Gasteiger partial charge in [-0.3, -0.25) is 4.90 Å². The van der Waals surface area contributed by atoms with Gasteiger partial charge in [-0.2, -0.15) is 4.98 Å². The van der Waals surface area contributed by atoms with E-state index in [2.05, 4.69) is 38.6 Å². The van der Waals surface area contributed by atoms with Crippen molar-refractivity contribution in [3.8, 4) is 16.5 Å². The number of hydrogen-bond donors (Lipinski definition) is 0. The van der Waals surface area contributed by atoms with Crippen molar-refractivity contribution < 1.29 is 9.26 Å². The molecule has 3 aromatic heterocycles. The van der Waals surface area contributed by atoms with Gasteiger partial charge in [0.15, 0.2) is 0 Å². The summed E-state index contributed by atoms with van der Waals surface area (Å²) in [5.74, 6) is 2.15. The lowest BCUT2D eigenvalue weighted by molar-refractivity contribution is 0.210. The van der Waals surface area contributed by atoms with Gasteiger partial charge in [-0.05, 0) is 29.0 Å². The molecule has 1 aromatic carbocycles. The SMILES string of the molecule is COc1ccccc1CN(Cc1nc(-c2cccs2)no1)Cc1cccs1. The quantitative estimate of drug-likeness (QED) is 0.415. The minimum Gasteiger partial charge on any atom is -0.496 e. The topological polar surface area (TPSA) is 51.4 Å². The second kappa shape index (κ2) is 8.47. The fraction of sp³-hybridized carbons (Fsp3) is 0.200. The Hall–Kier alpha value is -2.48. The highest BCUT2D eigenvalue weighted by Gasteiger charge is 2.16. The lowest BCUT2D eigenvalue weighted by Crippen LogP contribution is -2.22. The number of thiophene rings is 2. The van der Waals surface area contributed by atoms with E-state index in [-0.39, 0.29) is 0 Å². The van der Waals surface area contributed by atoms with Crippen LogP contribution in [0.1, 0.15) is 16.3 Å². The van der Waals surface area contributed by atoms with Crippen LogP contribution in [-0.2, 0) is 19.6 Å². The van der Waals surface area contributed by atoms with Crippen LogP contribution in [0.5, 0.6) is 5.75 Å². The summed E-state index contributed by atoms with van der Waals surface area (Å²) in [6.45, 7) is 2.12. The summed E-state index contributed by atoms with van der Waals surface area (Å²) in [7, 11) is 1.70. The minimum atomic E-state index is 0.578. The van der Waals surface area contributed by atoms with E-state index in [1.807, 2.05) is 35.7 Å². The first-order valence-electron chi connectivity index (χ1n) is 8.55. The van der Waals surface area contributed by atoms with E-state index in [1.54, 1.807) is 29.8 Å². The van der Waals surface area contributed by atoms with Gasteiger partial charge >= 0.3 is 0 Å². The third-order valence-electron chi connectivity index (χ3n) is 4.11. The van der Waals surface area contributed by atoms with E-state index in [4.69, 9.17) is 9.26 Å². The normalized spacial score (nSPS) is 11.2. The Bertz CT molecular complexity index is 965. The maximum absolute atomic E-state index is 5.51. The smallest absolute Gasteiger partial charge is 0.241 e. The average molecular weight is 398 g/mol. The van der Waals surface area contributed by atoms with Gasteiger partial charge in [0.1, 0.15) is 5.75 Å². The third kappa shape index (κ3) is 4.44. The number of ether oxygens (including phenoxy) is 1. The lowest BCUT2D eigenvalue weighted by Gasteiger charge is -2.21. The highest BCUT2D eigenvalue weighted by molar-refractivity contribution is 7.13. The molecule has 0 unspecified atom stereocenters. The van der Waals surface area contributed by atoms with Crippen molar-refractivity contribution in [1.29, 1.82) is 0 Å². The van der Waals surface area contributed by atoms with Crippen LogP contribution < -0.4 is 4.74 Å². The van der Waals surface area contributed by atoms with Crippen molar-refractivity contribution in [3.63, 3.8) is 0 Å². The number of aromatic nitrogens is 2. The van der Waals surface area contributed by atoms with Crippen LogP contribution >= 0.6 is 22.7 Å². The van der Waals surface area contributed by atoms with Gasteiger partial charge in [0.05, 0.1) is 18.5 Å². The fourth-order valence-corrected chi connectivity index (χ4v) is 4.28. The molecule has 27 heavy (non-hydrogen) atoms. The predicted molar refractivity (Wildman–Crippen MR) is 108 cm³/mol. The van der Waals surface area contributed by atoms with Crippen LogP contribution in [-0.4, -0.2) is 22.2 Å². The van der Waals surface area contributed by atoms with Crippen LogP contribution in [0, 0.1) is 0 Å². The minimum absolute atomic E-state index is 0.578. The molecular formula is C20H19N3O2S2. The summed E-state index contributed by atoms with van der Waals surface area (Å²) in [5, 5.41) is 8.23. The fourth-order valence-electron chi connectivity index (χ4n) is 2.88. The molecule has 4 aromatic rings. The van der Waals surface area contributed by atoms with E-state index < -0.39 is 0 Å². The maximum atomic E-state index is 5.51. The summed E-state index contributed by atoms with van der Waals surface area (Å²) < 4.78 is 11.0. The highest BCUT2D eigenvalue weighted by Crippen LogP contribution is 2.24. The van der Waals surface area contributed by atoms with E-state index in [0.717, 1.165) is 29.3 Å². The van der Waals surface area contributed by atoms with Crippen molar-refractivity contribution in [2.24, 2.45) is 0 Å². The van der Waals surface area contributed by atoms with Crippen molar-refractivity contribution in [1.82, 2.24) is 15.0 Å². The van der Waals surface area contributed by atoms with Crippen LogP contribution in [0.15, 0.2) is 63.8 Å². The van der Waals surface area contributed by atoms with Crippen molar-refractivity contribution >= 4 is 22.7 Å². The zero-order valence-electron chi connectivity index (χ0n) is 14.9. The third-order valence-corrected chi connectivity index (χ3v) is 5.84. The van der Waals surface area contributed by atoms with E-state index >= 15 is 0 Å². The molecule has 0 aliphatic carbocycles. The predicted octanol–water partition coefficient (Wildman–Crippen LogP) is 5.07. The second-order valence-electron chi connectivity index (χ2n) is 6.03. The van der Waals surface area contributed by atoms with E-state index in [1.165, 1.54) is 4.88 Å². The molecule has 0 atom stereocenters. The van der Waals surface area contributed by atoms with Gasteiger partial charge in [-0.1, -0.05) is 35.5 Å². The molecule has 0 N–H and O–H groups in total. The van der Waals surface area contributed by atoms with Gasteiger partial charge < -0.3 is 9.26 Å². The molecule has 0 fully saturated rings. The zero-order chi connectivity index (χ0) is 18.5. The molecule has 0 aliphatic heterocycles. The summed E-state index contributed by atoms with van der Waals surface area (Å²) >= 11 is 3.35. The molecule has 0 spiro atoms. The Morgan fingerprint density at radius 3 is 2.59 bits per heavy atom. The molecule has 0 aliphatic rings. The number of para-hydroxylation sites is 1. The summed E-state index contributed by atoms with van der Waals surface area (Å²) in [6, 6.07) is 16.3. The standard InChI is InChI=1S/C20H19N3O2S2/c1-24-17-8-3-2-6-15(17)12-23(13-16-7-4-10-26-16)14-19-21-20(22-25-19)18-9-5-11-27-18/h2-11H,12-14H2,1H3. The first-order valence-corrected chi connectivity index (χ1v) is 10.3. The van der Waals surface area contributed by atoms with Gasteiger partial charge in [0, 0.05) is 23.5 Å². The van der Waals surface area contributed by atoms with Crippen molar-refractivity contribution in [2.45, 2.75) is 19.6 Å². The largest absolute Gasteiger partial charge is 0.496 e. The number of hydrogen-bond acceptors (Lipinski definition) is 7. The van der Waals surface area contributed by atoms with Gasteiger partial charge in [0.25, 0.3) is 0 Å². The molecule has 0 radical (unpaired) electrons. The number of benzene rings is 1. The number of methoxy groups -OCH3 is 1. The van der Waals surface area contributed by atoms with Crippen molar-refractivity contribution in [3.05, 3.63) is 75.6 Å². The Labute approximate surface area is 165 Å². The van der Waals surface area contributed by atoms with Crippen LogP contribution in [0.25, 0.3) is 10.7 Å². The molecule has 3 heterocycles. The Morgan fingerprint density at radius 1 is 0.963 bits per heavy atom. The first kappa shape index (κ1) is 17.9. The number of nitrogens with zero attached hydrogens (tertiary/aromatic N) is 3. The summed E-state index contributed by atoms with van der Waals surface area (Å²) in [6.07, 6.45) is 0. The molecule has 0 saturated carbocycles. The Balaban J connectivity index is 1.54. The van der Waals surface area contributed by atoms with Crippen LogP contribution in [0.4, 0.5) is 0 Å². The van der Waals surface area contributed by atoms with Gasteiger partial charge in [-0.15, -0.1) is 22.7 Å². The van der Waals surface area contributed by atoms with Gasteiger partial charge in [-0.25, -0.2) is 0 Å². The van der Waals surface area contributed by atoms with Crippen molar-refractivity contribution in [2.75, 3.05) is 7.11 Å². The molecule has 0 saturated heterocycles. The zero-order valence-corrected chi connectivity index (χ0v) is 16.5. The summed E-state index contributed by atoms with van der Waals surface area (Å²) in [5.41, 5.74) is 1.13. The van der Waals surface area contributed by atoms with E-state index in [0.29, 0.717) is 18.3 Å². The molecule has 5 nitrogen and oxygen atoms in total. The number of rotatable bonds is 8.